The first-order valence-corrected chi connectivity index (χ1v) is 12.7. The smallest absolute Gasteiger partial charge is 0.123 e. The predicted octanol–water partition coefficient (Wildman–Crippen LogP) is 8.66. The summed E-state index contributed by atoms with van der Waals surface area (Å²) in [5.74, 6) is 0.285. The summed E-state index contributed by atoms with van der Waals surface area (Å²) in [6.45, 7) is 8.46. The van der Waals surface area contributed by atoms with Gasteiger partial charge in [0.05, 0.1) is 0 Å². The summed E-state index contributed by atoms with van der Waals surface area (Å²) in [6, 6.07) is 24.8. The molecule has 0 unspecified atom stereocenters. The van der Waals surface area contributed by atoms with E-state index in [1.807, 2.05) is 25.1 Å². The van der Waals surface area contributed by atoms with Crippen molar-refractivity contribution >= 4 is 17.4 Å². The number of aromatic hydroxyl groups is 1. The first-order valence-electron chi connectivity index (χ1n) is 12.7. The zero-order valence-electron chi connectivity index (χ0n) is 21.4. The number of hydrogen-bond donors (Lipinski definition) is 2. The van der Waals surface area contributed by atoms with E-state index in [2.05, 4.69) is 74.2 Å². The van der Waals surface area contributed by atoms with E-state index in [0.29, 0.717) is 0 Å². The Balaban J connectivity index is 1.46. The lowest BCUT2D eigenvalue weighted by Gasteiger charge is -2.19. The molecule has 0 bridgehead atoms. The number of allylic oxidation sites excluding steroid dienone is 7. The molecule has 1 aliphatic rings. The van der Waals surface area contributed by atoms with Crippen molar-refractivity contribution in [2.24, 2.45) is 0 Å². The Kier molecular flexibility index (Phi) is 8.17. The van der Waals surface area contributed by atoms with E-state index in [1.165, 1.54) is 39.6 Å². The summed E-state index contributed by atoms with van der Waals surface area (Å²) in [4.78, 5) is 0. The molecule has 0 saturated heterocycles. The number of phenolic OH excluding ortho intramolecular Hbond substituents is 1. The van der Waals surface area contributed by atoms with Gasteiger partial charge in [0.15, 0.2) is 0 Å². The normalized spacial score (nSPS) is 14.6. The number of hydrogen-bond acceptors (Lipinski definition) is 2. The van der Waals surface area contributed by atoms with Gasteiger partial charge in [-0.2, -0.15) is 0 Å². The number of aryl methyl sites for hydroxylation is 3. The highest BCUT2D eigenvalue weighted by atomic mass is 16.3. The third kappa shape index (κ3) is 6.20. The lowest BCUT2D eigenvalue weighted by atomic mass is 9.86. The molecule has 0 heterocycles. The molecule has 0 atom stereocenters. The standard InChI is InChI=1S/C34H35NO/c1-24-9-4-5-12-32(24)25(2)15-16-27-10-8-11-28(19-27)17-18-29-20-30(26(3)23-35)22-31(21-29)33-13-6-7-14-34(33)36/h4-14,19,21-23,35-36H,2,15-18,20H2,1,3H3/b30-26+,35-23?. The fourth-order valence-corrected chi connectivity index (χ4v) is 4.82. The van der Waals surface area contributed by atoms with Crippen LogP contribution < -0.4 is 0 Å². The molecule has 0 spiro atoms. The van der Waals surface area contributed by atoms with Gasteiger partial charge in [-0.1, -0.05) is 91.0 Å². The summed E-state index contributed by atoms with van der Waals surface area (Å²) >= 11 is 0. The predicted molar refractivity (Wildman–Crippen MR) is 154 cm³/mol. The van der Waals surface area contributed by atoms with Gasteiger partial charge in [0.2, 0.25) is 0 Å². The average Bonchev–Trinajstić information content (AvgIpc) is 2.90. The second-order valence-corrected chi connectivity index (χ2v) is 9.69. The van der Waals surface area contributed by atoms with Crippen molar-refractivity contribution in [3.05, 3.63) is 136 Å². The largest absolute Gasteiger partial charge is 0.507 e. The molecule has 0 amide bonds. The maximum atomic E-state index is 10.4. The topological polar surface area (TPSA) is 44.1 Å². The molecule has 3 aromatic rings. The lowest BCUT2D eigenvalue weighted by molar-refractivity contribution is 0.473. The Morgan fingerprint density at radius 2 is 1.64 bits per heavy atom. The minimum atomic E-state index is 0.285. The fourth-order valence-electron chi connectivity index (χ4n) is 4.82. The zero-order chi connectivity index (χ0) is 25.5. The van der Waals surface area contributed by atoms with Crippen LogP contribution >= 0.6 is 0 Å². The molecule has 0 aliphatic heterocycles. The van der Waals surface area contributed by atoms with Crippen LogP contribution in [-0.2, 0) is 12.8 Å². The average molecular weight is 474 g/mol. The molecule has 0 saturated carbocycles. The molecule has 36 heavy (non-hydrogen) atoms. The molecule has 2 heteroatoms. The van der Waals surface area contributed by atoms with Gasteiger partial charge in [0, 0.05) is 11.8 Å². The van der Waals surface area contributed by atoms with Crippen LogP contribution in [0.15, 0.2) is 108 Å². The monoisotopic (exact) mass is 473 g/mol. The molecule has 2 N–H and O–H groups in total. The number of para-hydroxylation sites is 1. The Morgan fingerprint density at radius 1 is 0.917 bits per heavy atom. The van der Waals surface area contributed by atoms with Crippen LogP contribution in [0.1, 0.15) is 54.0 Å². The molecule has 4 rings (SSSR count). The van der Waals surface area contributed by atoms with E-state index in [1.54, 1.807) is 6.07 Å². The van der Waals surface area contributed by atoms with Crippen LogP contribution in [0.25, 0.3) is 11.1 Å². The van der Waals surface area contributed by atoms with Gasteiger partial charge in [-0.05, 0) is 96.6 Å². The van der Waals surface area contributed by atoms with Crippen LogP contribution in [0.3, 0.4) is 0 Å². The fraction of sp³-hybridized carbons (Fsp3) is 0.206. The third-order valence-corrected chi connectivity index (χ3v) is 7.01. The minimum absolute atomic E-state index is 0.285. The second kappa shape index (κ2) is 11.7. The van der Waals surface area contributed by atoms with Crippen molar-refractivity contribution in [3.63, 3.8) is 0 Å². The SMILES string of the molecule is C=C(CCc1cccc(CCC2=CC(c3ccccc3O)=C/C(=C(\C)C=N)C2)c1)c1ccccc1C. The Hall–Kier alpha value is -3.91. The second-order valence-electron chi connectivity index (χ2n) is 9.69. The van der Waals surface area contributed by atoms with Crippen LogP contribution in [-0.4, -0.2) is 11.3 Å². The van der Waals surface area contributed by atoms with E-state index < -0.39 is 0 Å². The van der Waals surface area contributed by atoms with E-state index in [4.69, 9.17) is 5.41 Å². The van der Waals surface area contributed by atoms with Gasteiger partial charge in [-0.3, -0.25) is 0 Å². The van der Waals surface area contributed by atoms with Gasteiger partial charge in [0.1, 0.15) is 5.75 Å². The first kappa shape index (κ1) is 25.2. The van der Waals surface area contributed by atoms with Crippen LogP contribution in [0.5, 0.6) is 5.75 Å². The summed E-state index contributed by atoms with van der Waals surface area (Å²) in [5.41, 5.74) is 11.7. The van der Waals surface area contributed by atoms with Gasteiger partial charge < -0.3 is 10.5 Å². The molecular formula is C34H35NO. The summed E-state index contributed by atoms with van der Waals surface area (Å²) in [6.07, 6.45) is 10.4. The molecule has 3 aromatic carbocycles. The number of benzene rings is 3. The summed E-state index contributed by atoms with van der Waals surface area (Å²) in [7, 11) is 0. The molecule has 182 valence electrons. The molecule has 0 fully saturated rings. The lowest BCUT2D eigenvalue weighted by Crippen LogP contribution is -2.01. The van der Waals surface area contributed by atoms with E-state index in [9.17, 15) is 5.11 Å². The van der Waals surface area contributed by atoms with Crippen LogP contribution in [0.4, 0.5) is 0 Å². The van der Waals surface area contributed by atoms with Crippen LogP contribution in [0, 0.1) is 12.3 Å². The summed E-state index contributed by atoms with van der Waals surface area (Å²) < 4.78 is 0. The maximum Gasteiger partial charge on any atom is 0.123 e. The van der Waals surface area contributed by atoms with Crippen molar-refractivity contribution in [3.8, 4) is 5.75 Å². The quantitative estimate of drug-likeness (QED) is 0.300. The van der Waals surface area contributed by atoms with Crippen molar-refractivity contribution in [1.82, 2.24) is 0 Å². The Morgan fingerprint density at radius 3 is 2.39 bits per heavy atom. The van der Waals surface area contributed by atoms with Crippen molar-refractivity contribution in [1.29, 1.82) is 5.41 Å². The van der Waals surface area contributed by atoms with Crippen molar-refractivity contribution in [2.45, 2.75) is 46.0 Å². The number of rotatable bonds is 9. The van der Waals surface area contributed by atoms with Gasteiger partial charge in [0.25, 0.3) is 0 Å². The highest BCUT2D eigenvalue weighted by Gasteiger charge is 2.15. The molecule has 1 aliphatic carbocycles. The number of phenols is 1. The van der Waals surface area contributed by atoms with Crippen LogP contribution in [0.2, 0.25) is 0 Å². The van der Waals surface area contributed by atoms with E-state index in [-0.39, 0.29) is 5.75 Å². The van der Waals surface area contributed by atoms with Gasteiger partial charge in [-0.25, -0.2) is 0 Å². The Bertz CT molecular complexity index is 1370. The highest BCUT2D eigenvalue weighted by molar-refractivity contribution is 5.85. The van der Waals surface area contributed by atoms with Crippen molar-refractivity contribution in [2.75, 3.05) is 0 Å². The molecule has 0 radical (unpaired) electrons. The number of nitrogens with one attached hydrogen (secondary N) is 1. The summed E-state index contributed by atoms with van der Waals surface area (Å²) in [5, 5.41) is 18.1. The highest BCUT2D eigenvalue weighted by Crippen LogP contribution is 2.35. The third-order valence-electron chi connectivity index (χ3n) is 7.01. The minimum Gasteiger partial charge on any atom is -0.507 e. The molecular weight excluding hydrogens is 438 g/mol. The van der Waals surface area contributed by atoms with Gasteiger partial charge >= 0.3 is 0 Å². The van der Waals surface area contributed by atoms with E-state index in [0.717, 1.165) is 54.4 Å². The van der Waals surface area contributed by atoms with Gasteiger partial charge in [-0.15, -0.1) is 0 Å². The first-order chi connectivity index (χ1) is 17.4. The Labute approximate surface area is 215 Å². The molecule has 2 nitrogen and oxygen atoms in total. The zero-order valence-corrected chi connectivity index (χ0v) is 21.4. The van der Waals surface area contributed by atoms with E-state index >= 15 is 0 Å². The molecule has 0 aromatic heterocycles. The van der Waals surface area contributed by atoms with Crippen molar-refractivity contribution < 1.29 is 5.11 Å². The maximum absolute atomic E-state index is 10.4.